The molecule has 1 aliphatic carbocycles. The van der Waals surface area contributed by atoms with Crippen molar-refractivity contribution in [2.45, 2.75) is 24.9 Å². The van der Waals surface area contributed by atoms with Gasteiger partial charge >= 0.3 is 11.9 Å². The molecule has 0 saturated heterocycles. The van der Waals surface area contributed by atoms with Crippen LogP contribution in [0.4, 0.5) is 5.95 Å². The van der Waals surface area contributed by atoms with Gasteiger partial charge in [-0.2, -0.15) is 0 Å². The number of nitro groups is 1. The van der Waals surface area contributed by atoms with Gasteiger partial charge in [0.05, 0.1) is 6.04 Å². The molecule has 1 aromatic heterocycles. The molecule has 0 spiro atoms. The Morgan fingerprint density at radius 3 is 2.53 bits per heavy atom. The Morgan fingerprint density at radius 2 is 2.13 bits per heavy atom. The Balaban J connectivity index is 2.52. The summed E-state index contributed by atoms with van der Waals surface area (Å²) < 4.78 is 1.04. The van der Waals surface area contributed by atoms with Gasteiger partial charge in [0, 0.05) is 0 Å². The van der Waals surface area contributed by atoms with Gasteiger partial charge in [-0.15, -0.1) is 0 Å². The molecule has 8 heteroatoms. The minimum absolute atomic E-state index is 0.186. The number of aliphatic hydroxyl groups is 3. The predicted octanol–water partition coefficient (Wildman–Crippen LogP) is -0.787. The molecule has 8 nitrogen and oxygen atoms in total. The second-order valence-electron chi connectivity index (χ2n) is 3.44. The lowest BCUT2D eigenvalue weighted by Crippen LogP contribution is -2.27. The van der Waals surface area contributed by atoms with Crippen LogP contribution in [0.3, 0.4) is 0 Å². The number of imidazole rings is 1. The summed E-state index contributed by atoms with van der Waals surface area (Å²) in [5.41, 5.74) is -0.378. The fourth-order valence-corrected chi connectivity index (χ4v) is 1.43. The standard InChI is InChI=1S/C7H9N3O5/c11-7(12,13)5-3-8-6(10(14)15)9(5)4-1-2-4/h3-4,11-13H,1-2H2. The fraction of sp³-hybridized carbons (Fsp3) is 0.571. The zero-order valence-corrected chi connectivity index (χ0v) is 7.57. The van der Waals surface area contributed by atoms with Crippen molar-refractivity contribution in [3.8, 4) is 0 Å². The van der Waals surface area contributed by atoms with E-state index in [-0.39, 0.29) is 11.7 Å². The maximum Gasteiger partial charge on any atom is 0.435 e. The summed E-state index contributed by atoms with van der Waals surface area (Å²) in [4.78, 5) is 13.3. The zero-order valence-electron chi connectivity index (χ0n) is 7.57. The maximum atomic E-state index is 10.6. The zero-order chi connectivity index (χ0) is 11.2. The van der Waals surface area contributed by atoms with E-state index in [0.29, 0.717) is 12.8 Å². The van der Waals surface area contributed by atoms with Crippen molar-refractivity contribution in [2.24, 2.45) is 0 Å². The highest BCUT2D eigenvalue weighted by molar-refractivity contribution is 5.20. The van der Waals surface area contributed by atoms with E-state index in [9.17, 15) is 10.1 Å². The second-order valence-corrected chi connectivity index (χ2v) is 3.44. The van der Waals surface area contributed by atoms with Gasteiger partial charge in [0.25, 0.3) is 0 Å². The van der Waals surface area contributed by atoms with Crippen LogP contribution in [-0.4, -0.2) is 29.8 Å². The molecule has 82 valence electrons. The first kappa shape index (κ1) is 10.0. The van der Waals surface area contributed by atoms with Gasteiger partial charge in [-0.25, -0.2) is 4.57 Å². The summed E-state index contributed by atoms with van der Waals surface area (Å²) in [6.45, 7) is 0. The predicted molar refractivity (Wildman–Crippen MR) is 45.5 cm³/mol. The Morgan fingerprint density at radius 1 is 1.53 bits per heavy atom. The Kier molecular flexibility index (Phi) is 2.00. The molecule has 0 aliphatic heterocycles. The van der Waals surface area contributed by atoms with Gasteiger partial charge in [-0.1, -0.05) is 4.98 Å². The van der Waals surface area contributed by atoms with Crippen LogP contribution < -0.4 is 0 Å². The van der Waals surface area contributed by atoms with Crippen LogP contribution in [0.2, 0.25) is 0 Å². The van der Waals surface area contributed by atoms with Crippen LogP contribution in [0.15, 0.2) is 6.20 Å². The van der Waals surface area contributed by atoms with E-state index in [1.807, 2.05) is 0 Å². The van der Waals surface area contributed by atoms with Crippen LogP contribution in [0, 0.1) is 10.1 Å². The van der Waals surface area contributed by atoms with Gasteiger partial charge in [0.15, 0.2) is 0 Å². The number of aromatic nitrogens is 2. The molecule has 1 fully saturated rings. The van der Waals surface area contributed by atoms with E-state index in [4.69, 9.17) is 15.3 Å². The number of nitrogens with zero attached hydrogens (tertiary/aromatic N) is 3. The molecule has 1 aromatic rings. The normalized spacial score (nSPS) is 16.7. The van der Waals surface area contributed by atoms with Crippen LogP contribution in [0.25, 0.3) is 0 Å². The van der Waals surface area contributed by atoms with Gasteiger partial charge < -0.3 is 25.4 Å². The molecular weight excluding hydrogens is 206 g/mol. The smallest absolute Gasteiger partial charge is 0.390 e. The summed E-state index contributed by atoms with van der Waals surface area (Å²) in [5.74, 6) is -3.59. The summed E-state index contributed by atoms with van der Waals surface area (Å²) in [5, 5.41) is 37.5. The van der Waals surface area contributed by atoms with E-state index >= 15 is 0 Å². The van der Waals surface area contributed by atoms with Gasteiger partial charge in [-0.3, -0.25) is 0 Å². The molecule has 0 atom stereocenters. The van der Waals surface area contributed by atoms with Crippen molar-refractivity contribution < 1.29 is 20.2 Å². The molecule has 0 unspecified atom stereocenters. The Labute approximate surface area is 83.6 Å². The fourth-order valence-electron chi connectivity index (χ4n) is 1.43. The topological polar surface area (TPSA) is 122 Å². The Bertz CT molecular complexity index is 403. The SMILES string of the molecule is O=[N+]([O-])c1ncc(C(O)(O)O)n1C1CC1. The average molecular weight is 215 g/mol. The first-order valence-electron chi connectivity index (χ1n) is 4.30. The van der Waals surface area contributed by atoms with Gasteiger partial charge in [0.2, 0.25) is 5.69 Å². The summed E-state index contributed by atoms with van der Waals surface area (Å²) in [7, 11) is 0. The average Bonchev–Trinajstić information content (AvgIpc) is 2.81. The monoisotopic (exact) mass is 215 g/mol. The van der Waals surface area contributed by atoms with E-state index in [1.165, 1.54) is 0 Å². The van der Waals surface area contributed by atoms with E-state index < -0.39 is 16.8 Å². The van der Waals surface area contributed by atoms with Crippen molar-refractivity contribution in [3.05, 3.63) is 22.0 Å². The molecule has 2 rings (SSSR count). The van der Waals surface area contributed by atoms with E-state index in [2.05, 4.69) is 4.98 Å². The quantitative estimate of drug-likeness (QED) is 0.345. The molecule has 0 radical (unpaired) electrons. The molecule has 1 saturated carbocycles. The maximum absolute atomic E-state index is 10.6. The molecule has 1 aliphatic rings. The summed E-state index contributed by atoms with van der Waals surface area (Å²) in [6.07, 6.45) is 2.27. The third-order valence-electron chi connectivity index (χ3n) is 2.20. The molecule has 0 amide bonds. The molecule has 0 bridgehead atoms. The first-order valence-corrected chi connectivity index (χ1v) is 4.30. The minimum atomic E-state index is -3.09. The van der Waals surface area contributed by atoms with Crippen LogP contribution >= 0.6 is 0 Å². The summed E-state index contributed by atoms with van der Waals surface area (Å²) >= 11 is 0. The minimum Gasteiger partial charge on any atom is -0.390 e. The highest BCUT2D eigenvalue weighted by Gasteiger charge is 2.42. The van der Waals surface area contributed by atoms with Crippen molar-refractivity contribution >= 4 is 5.95 Å². The Hall–Kier alpha value is -1.51. The van der Waals surface area contributed by atoms with Gasteiger partial charge in [0.1, 0.15) is 6.20 Å². The molecule has 3 N–H and O–H groups in total. The van der Waals surface area contributed by atoms with Gasteiger partial charge in [-0.05, 0) is 17.8 Å². The van der Waals surface area contributed by atoms with Crippen LogP contribution in [0.5, 0.6) is 0 Å². The number of hydrogen-bond donors (Lipinski definition) is 3. The third-order valence-corrected chi connectivity index (χ3v) is 2.20. The van der Waals surface area contributed by atoms with Crippen molar-refractivity contribution in [1.82, 2.24) is 9.55 Å². The molecule has 15 heavy (non-hydrogen) atoms. The van der Waals surface area contributed by atoms with E-state index in [0.717, 1.165) is 10.8 Å². The number of rotatable bonds is 3. The molecule has 1 heterocycles. The highest BCUT2D eigenvalue weighted by atomic mass is 16.7. The molecular formula is C7H9N3O5. The third kappa shape index (κ3) is 1.69. The van der Waals surface area contributed by atoms with Crippen molar-refractivity contribution in [3.63, 3.8) is 0 Å². The largest absolute Gasteiger partial charge is 0.435 e. The number of hydrogen-bond acceptors (Lipinski definition) is 6. The summed E-state index contributed by atoms with van der Waals surface area (Å²) in [6, 6.07) is -0.186. The second kappa shape index (κ2) is 2.99. The lowest BCUT2D eigenvalue weighted by atomic mass is 10.4. The highest BCUT2D eigenvalue weighted by Crippen LogP contribution is 2.40. The lowest BCUT2D eigenvalue weighted by Gasteiger charge is -2.12. The van der Waals surface area contributed by atoms with E-state index in [1.54, 1.807) is 0 Å². The lowest BCUT2D eigenvalue weighted by molar-refractivity contribution is -0.398. The van der Waals surface area contributed by atoms with Crippen LogP contribution in [0.1, 0.15) is 24.6 Å². The van der Waals surface area contributed by atoms with Crippen molar-refractivity contribution in [2.75, 3.05) is 0 Å². The molecule has 0 aromatic carbocycles. The van der Waals surface area contributed by atoms with Crippen molar-refractivity contribution in [1.29, 1.82) is 0 Å². The van der Waals surface area contributed by atoms with Crippen LogP contribution in [-0.2, 0) is 5.97 Å². The first-order chi connectivity index (χ1) is 6.91.